The maximum atomic E-state index is 14.1. The fourth-order valence-corrected chi connectivity index (χ4v) is 3.74. The Hall–Kier alpha value is -3.98. The summed E-state index contributed by atoms with van der Waals surface area (Å²) >= 11 is 0. The van der Waals surface area contributed by atoms with Crippen LogP contribution in [0.15, 0.2) is 65.6 Å². The maximum absolute atomic E-state index is 14.1. The number of nitrogen functional groups attached to an aromatic ring is 1. The number of aryl methyl sites for hydroxylation is 2. The fourth-order valence-electron chi connectivity index (χ4n) is 3.74. The van der Waals surface area contributed by atoms with Crippen LogP contribution < -0.4 is 11.3 Å². The molecule has 35 heavy (non-hydrogen) atoms. The van der Waals surface area contributed by atoms with Crippen LogP contribution in [0.3, 0.4) is 0 Å². The van der Waals surface area contributed by atoms with Gasteiger partial charge < -0.3 is 19.9 Å². The molecule has 0 unspecified atom stereocenters. The quantitative estimate of drug-likeness (QED) is 0.537. The highest BCUT2D eigenvalue weighted by Crippen LogP contribution is 2.31. The number of halogens is 1. The topological polar surface area (TPSA) is 110 Å². The summed E-state index contributed by atoms with van der Waals surface area (Å²) < 4.78 is 32.1. The molecule has 2 N–H and O–H groups in total. The fraction of sp³-hybridized carbons (Fsp3) is 0.269. The van der Waals surface area contributed by atoms with Gasteiger partial charge in [-0.2, -0.15) is 4.39 Å². The number of rotatable bonds is 6. The minimum Gasteiger partial charge on any atom is -0.459 e. The van der Waals surface area contributed by atoms with Crippen molar-refractivity contribution in [1.29, 1.82) is 0 Å². The summed E-state index contributed by atoms with van der Waals surface area (Å²) in [6, 6.07) is 14.9. The van der Waals surface area contributed by atoms with Crippen LogP contribution in [0.1, 0.15) is 44.5 Å². The molecule has 1 fully saturated rings. The second-order valence-corrected chi connectivity index (χ2v) is 8.44. The Morgan fingerprint density at radius 1 is 1.00 bits per heavy atom. The lowest BCUT2D eigenvalue weighted by molar-refractivity contribution is -0.0581. The van der Waals surface area contributed by atoms with Crippen LogP contribution in [0, 0.1) is 19.7 Å². The Kier molecular flexibility index (Phi) is 6.97. The van der Waals surface area contributed by atoms with E-state index in [-0.39, 0.29) is 18.7 Å². The average Bonchev–Trinajstić information content (AvgIpc) is 3.24. The number of nitrogens with zero attached hydrogens (tertiary/aromatic N) is 1. The van der Waals surface area contributed by atoms with E-state index in [1.807, 2.05) is 13.8 Å². The van der Waals surface area contributed by atoms with Gasteiger partial charge in [-0.25, -0.2) is 9.59 Å². The third-order valence-electron chi connectivity index (χ3n) is 5.79. The van der Waals surface area contributed by atoms with E-state index in [4.69, 9.17) is 19.9 Å². The van der Waals surface area contributed by atoms with E-state index < -0.39 is 41.8 Å². The number of carbonyl (C=O) groups is 2. The standard InChI is InChI=1S/C26H25FN2O6/c1-15-3-7-17(8-4-15)25(31)33-14-21-20(35-26(32)18-9-5-16(2)6-10-18)13-22(34-21)29-12-11-19(28)23(27)24(29)30/h3-12,20-22H,13-14,28H2,1-2H3/t20-,21+,22-/m0/s1. The third kappa shape index (κ3) is 5.41. The highest BCUT2D eigenvalue weighted by atomic mass is 19.1. The number of pyridine rings is 1. The highest BCUT2D eigenvalue weighted by Gasteiger charge is 2.40. The van der Waals surface area contributed by atoms with Crippen LogP contribution in [0.4, 0.5) is 10.1 Å². The Morgan fingerprint density at radius 2 is 1.57 bits per heavy atom. The normalized spacial score (nSPS) is 19.3. The van der Waals surface area contributed by atoms with E-state index in [1.54, 1.807) is 48.5 Å². The molecular weight excluding hydrogens is 455 g/mol. The first-order valence-corrected chi connectivity index (χ1v) is 11.1. The van der Waals surface area contributed by atoms with Gasteiger partial charge in [0.1, 0.15) is 25.0 Å². The smallest absolute Gasteiger partial charge is 0.338 e. The van der Waals surface area contributed by atoms with E-state index in [9.17, 15) is 18.8 Å². The first-order chi connectivity index (χ1) is 16.7. The molecular formula is C26H25FN2O6. The Balaban J connectivity index is 1.53. The van der Waals surface area contributed by atoms with Crippen molar-refractivity contribution in [1.82, 2.24) is 4.57 Å². The number of aromatic nitrogens is 1. The second kappa shape index (κ2) is 10.1. The molecule has 0 bridgehead atoms. The second-order valence-electron chi connectivity index (χ2n) is 8.44. The van der Waals surface area contributed by atoms with E-state index in [0.29, 0.717) is 11.1 Å². The van der Waals surface area contributed by atoms with Gasteiger partial charge in [0.2, 0.25) is 5.82 Å². The summed E-state index contributed by atoms with van der Waals surface area (Å²) in [6.45, 7) is 3.56. The first kappa shape index (κ1) is 24.2. The molecule has 1 aromatic heterocycles. The predicted octanol–water partition coefficient (Wildman–Crippen LogP) is 3.56. The van der Waals surface area contributed by atoms with Gasteiger partial charge in [-0.1, -0.05) is 35.4 Å². The monoisotopic (exact) mass is 480 g/mol. The zero-order valence-electron chi connectivity index (χ0n) is 19.3. The largest absolute Gasteiger partial charge is 0.459 e. The zero-order valence-corrected chi connectivity index (χ0v) is 19.3. The molecule has 4 rings (SSSR count). The molecule has 3 atom stereocenters. The van der Waals surface area contributed by atoms with Gasteiger partial charge in [-0.15, -0.1) is 0 Å². The van der Waals surface area contributed by atoms with Crippen molar-refractivity contribution in [3.8, 4) is 0 Å². The molecule has 1 saturated heterocycles. The van der Waals surface area contributed by atoms with Crippen molar-refractivity contribution in [3.05, 3.63) is 99.2 Å². The number of anilines is 1. The summed E-state index contributed by atoms with van der Waals surface area (Å²) in [4.78, 5) is 37.6. The molecule has 182 valence electrons. The number of esters is 2. The molecule has 3 aromatic rings. The summed E-state index contributed by atoms with van der Waals surface area (Å²) in [5.74, 6) is -2.26. The third-order valence-corrected chi connectivity index (χ3v) is 5.79. The van der Waals surface area contributed by atoms with Gasteiger partial charge in [0.25, 0.3) is 5.56 Å². The van der Waals surface area contributed by atoms with Gasteiger partial charge in [0.05, 0.1) is 16.8 Å². The molecule has 0 saturated carbocycles. The van der Waals surface area contributed by atoms with Gasteiger partial charge in [0.15, 0.2) is 0 Å². The molecule has 2 heterocycles. The summed E-state index contributed by atoms with van der Waals surface area (Å²) in [6.07, 6.45) is -1.32. The van der Waals surface area contributed by atoms with Crippen molar-refractivity contribution in [2.24, 2.45) is 0 Å². The van der Waals surface area contributed by atoms with Crippen molar-refractivity contribution < 1.29 is 28.2 Å². The number of ether oxygens (including phenoxy) is 3. The van der Waals surface area contributed by atoms with E-state index in [0.717, 1.165) is 15.7 Å². The van der Waals surface area contributed by atoms with E-state index in [2.05, 4.69) is 0 Å². The SMILES string of the molecule is Cc1ccc(C(=O)OC[C@H]2O[C@H](n3ccc(N)c(F)c3=O)C[C@@H]2OC(=O)c2ccc(C)cc2)cc1. The van der Waals surface area contributed by atoms with Crippen molar-refractivity contribution in [3.63, 3.8) is 0 Å². The van der Waals surface area contributed by atoms with Crippen LogP contribution in [-0.4, -0.2) is 35.3 Å². The van der Waals surface area contributed by atoms with Crippen LogP contribution in [-0.2, 0) is 14.2 Å². The summed E-state index contributed by atoms with van der Waals surface area (Å²) in [5, 5.41) is 0. The lowest BCUT2D eigenvalue weighted by Crippen LogP contribution is -2.32. The Bertz CT molecular complexity index is 1290. The van der Waals surface area contributed by atoms with Crippen molar-refractivity contribution >= 4 is 17.6 Å². The molecule has 8 nitrogen and oxygen atoms in total. The van der Waals surface area contributed by atoms with Crippen LogP contribution in [0.2, 0.25) is 0 Å². The first-order valence-electron chi connectivity index (χ1n) is 11.1. The van der Waals surface area contributed by atoms with Gasteiger partial charge in [-0.05, 0) is 44.2 Å². The number of nitrogens with two attached hydrogens (primary N) is 1. The average molecular weight is 480 g/mol. The van der Waals surface area contributed by atoms with Crippen LogP contribution in [0.25, 0.3) is 0 Å². The summed E-state index contributed by atoms with van der Waals surface area (Å²) in [5.41, 5.74) is 6.90. The predicted molar refractivity (Wildman–Crippen MR) is 125 cm³/mol. The minimum atomic E-state index is -1.10. The highest BCUT2D eigenvalue weighted by molar-refractivity contribution is 5.90. The number of carbonyl (C=O) groups excluding carboxylic acids is 2. The molecule has 0 radical (unpaired) electrons. The Morgan fingerprint density at radius 3 is 2.17 bits per heavy atom. The molecule has 0 aliphatic carbocycles. The number of benzene rings is 2. The molecule has 0 amide bonds. The lowest BCUT2D eigenvalue weighted by Gasteiger charge is -2.19. The van der Waals surface area contributed by atoms with Crippen molar-refractivity contribution in [2.45, 2.75) is 38.7 Å². The van der Waals surface area contributed by atoms with Gasteiger partial charge in [0, 0.05) is 12.6 Å². The Labute approximate surface area is 201 Å². The molecule has 1 aliphatic heterocycles. The zero-order chi connectivity index (χ0) is 25.1. The number of hydrogen-bond donors (Lipinski definition) is 1. The van der Waals surface area contributed by atoms with E-state index >= 15 is 0 Å². The van der Waals surface area contributed by atoms with Crippen LogP contribution >= 0.6 is 0 Å². The minimum absolute atomic E-state index is 0.0492. The number of hydrogen-bond acceptors (Lipinski definition) is 7. The van der Waals surface area contributed by atoms with Crippen molar-refractivity contribution in [2.75, 3.05) is 12.3 Å². The van der Waals surface area contributed by atoms with Crippen LogP contribution in [0.5, 0.6) is 0 Å². The summed E-state index contributed by atoms with van der Waals surface area (Å²) in [7, 11) is 0. The van der Waals surface area contributed by atoms with Gasteiger partial charge in [-0.3, -0.25) is 9.36 Å². The molecule has 9 heteroatoms. The van der Waals surface area contributed by atoms with Gasteiger partial charge >= 0.3 is 11.9 Å². The lowest BCUT2D eigenvalue weighted by atomic mass is 10.1. The maximum Gasteiger partial charge on any atom is 0.338 e. The van der Waals surface area contributed by atoms with E-state index in [1.165, 1.54) is 12.3 Å². The molecule has 2 aromatic carbocycles. The molecule has 1 aliphatic rings. The molecule has 0 spiro atoms.